The van der Waals surface area contributed by atoms with Gasteiger partial charge in [-0.2, -0.15) is 5.10 Å². The van der Waals surface area contributed by atoms with Crippen LogP contribution in [-0.2, 0) is 7.05 Å². The zero-order chi connectivity index (χ0) is 13.1. The Bertz CT molecular complexity index is 572. The van der Waals surface area contributed by atoms with Crippen LogP contribution < -0.4 is 0 Å². The maximum absolute atomic E-state index is 11.9. The van der Waals surface area contributed by atoms with Crippen molar-refractivity contribution >= 4 is 11.9 Å². The van der Waals surface area contributed by atoms with Crippen molar-refractivity contribution in [2.24, 2.45) is 7.05 Å². The largest absolute Gasteiger partial charge is 0.289 e. The molecule has 1 aromatic carbocycles. The lowest BCUT2D eigenvalue weighted by molar-refractivity contribution is 0.104. The van der Waals surface area contributed by atoms with Crippen molar-refractivity contribution in [3.05, 3.63) is 58.9 Å². The molecule has 0 bridgehead atoms. The van der Waals surface area contributed by atoms with Crippen molar-refractivity contribution in [1.82, 2.24) is 9.78 Å². The summed E-state index contributed by atoms with van der Waals surface area (Å²) in [5.74, 6) is -0.00157. The van der Waals surface area contributed by atoms with E-state index in [0.717, 1.165) is 17.0 Å². The first kappa shape index (κ1) is 12.3. The molecular weight excluding hydrogens is 224 g/mol. The second kappa shape index (κ2) is 5.00. The molecule has 0 radical (unpaired) electrons. The smallest absolute Gasteiger partial charge is 0.185 e. The minimum Gasteiger partial charge on any atom is -0.289 e. The summed E-state index contributed by atoms with van der Waals surface area (Å²) in [6.07, 6.45) is 3.31. The third kappa shape index (κ3) is 2.74. The molecule has 3 heteroatoms. The molecule has 0 unspecified atom stereocenters. The molecule has 0 aliphatic rings. The van der Waals surface area contributed by atoms with Crippen LogP contribution in [0.3, 0.4) is 0 Å². The number of carbonyl (C=O) groups is 1. The highest BCUT2D eigenvalue weighted by Gasteiger charge is 2.02. The number of rotatable bonds is 3. The van der Waals surface area contributed by atoms with E-state index < -0.39 is 0 Å². The van der Waals surface area contributed by atoms with Gasteiger partial charge in [0.1, 0.15) is 0 Å². The molecule has 3 nitrogen and oxygen atoms in total. The molecule has 0 atom stereocenters. The number of nitrogens with zero attached hydrogens (tertiary/aromatic N) is 2. The Labute approximate surface area is 107 Å². The Kier molecular flexibility index (Phi) is 3.42. The Morgan fingerprint density at radius 2 is 1.89 bits per heavy atom. The SMILES string of the molecule is Cc1ccc(C(=O)/C=C/c2cc(C)n(C)n2)cc1. The fraction of sp³-hybridized carbons (Fsp3) is 0.200. The zero-order valence-electron chi connectivity index (χ0n) is 10.8. The third-order valence-corrected chi connectivity index (χ3v) is 2.87. The van der Waals surface area contributed by atoms with Crippen LogP contribution >= 0.6 is 0 Å². The van der Waals surface area contributed by atoms with Gasteiger partial charge in [-0.25, -0.2) is 0 Å². The van der Waals surface area contributed by atoms with Gasteiger partial charge < -0.3 is 0 Å². The summed E-state index contributed by atoms with van der Waals surface area (Å²) in [6.45, 7) is 3.98. The molecule has 0 saturated heterocycles. The lowest BCUT2D eigenvalue weighted by Crippen LogP contribution is -1.94. The van der Waals surface area contributed by atoms with Crippen LogP contribution in [0.4, 0.5) is 0 Å². The molecule has 2 aromatic rings. The number of hydrogen-bond acceptors (Lipinski definition) is 2. The number of aryl methyl sites for hydroxylation is 3. The van der Waals surface area contributed by atoms with Crippen LogP contribution in [0.15, 0.2) is 36.4 Å². The predicted molar refractivity (Wildman–Crippen MR) is 72.5 cm³/mol. The molecule has 18 heavy (non-hydrogen) atoms. The van der Waals surface area contributed by atoms with Crippen LogP contribution in [0.2, 0.25) is 0 Å². The average Bonchev–Trinajstić information content (AvgIpc) is 2.67. The quantitative estimate of drug-likeness (QED) is 0.610. The lowest BCUT2D eigenvalue weighted by Gasteiger charge is -1.96. The van der Waals surface area contributed by atoms with E-state index in [1.165, 1.54) is 0 Å². The Morgan fingerprint density at radius 3 is 2.44 bits per heavy atom. The van der Waals surface area contributed by atoms with Crippen molar-refractivity contribution in [3.8, 4) is 0 Å². The Morgan fingerprint density at radius 1 is 1.22 bits per heavy atom. The summed E-state index contributed by atoms with van der Waals surface area (Å²) < 4.78 is 1.79. The van der Waals surface area contributed by atoms with Crippen molar-refractivity contribution in [1.29, 1.82) is 0 Å². The summed E-state index contributed by atoms with van der Waals surface area (Å²) >= 11 is 0. The average molecular weight is 240 g/mol. The molecule has 0 fully saturated rings. The molecule has 0 amide bonds. The number of benzene rings is 1. The first-order valence-electron chi connectivity index (χ1n) is 5.86. The van der Waals surface area contributed by atoms with Gasteiger partial charge in [-0.15, -0.1) is 0 Å². The Hall–Kier alpha value is -2.16. The third-order valence-electron chi connectivity index (χ3n) is 2.87. The second-order valence-electron chi connectivity index (χ2n) is 4.40. The van der Waals surface area contributed by atoms with E-state index in [-0.39, 0.29) is 5.78 Å². The molecule has 0 aliphatic carbocycles. The van der Waals surface area contributed by atoms with E-state index in [1.54, 1.807) is 16.8 Å². The van der Waals surface area contributed by atoms with Crippen LogP contribution in [0, 0.1) is 13.8 Å². The predicted octanol–water partition coefficient (Wildman–Crippen LogP) is 2.93. The molecule has 0 spiro atoms. The summed E-state index contributed by atoms with van der Waals surface area (Å²) in [5.41, 5.74) is 3.72. The van der Waals surface area contributed by atoms with Gasteiger partial charge in [-0.1, -0.05) is 29.8 Å². The van der Waals surface area contributed by atoms with Gasteiger partial charge in [0.2, 0.25) is 0 Å². The number of carbonyl (C=O) groups excluding carboxylic acids is 1. The van der Waals surface area contributed by atoms with Gasteiger partial charge in [0.25, 0.3) is 0 Å². The lowest BCUT2D eigenvalue weighted by atomic mass is 10.1. The van der Waals surface area contributed by atoms with Gasteiger partial charge in [0.05, 0.1) is 5.69 Å². The minimum absolute atomic E-state index is 0.00157. The first-order chi connectivity index (χ1) is 8.56. The van der Waals surface area contributed by atoms with E-state index in [9.17, 15) is 4.79 Å². The molecule has 0 saturated carbocycles. The molecule has 0 N–H and O–H groups in total. The van der Waals surface area contributed by atoms with Gasteiger partial charge in [-0.05, 0) is 32.1 Å². The molecule has 0 aliphatic heterocycles. The molecule has 1 aromatic heterocycles. The normalized spacial score (nSPS) is 11.1. The van der Waals surface area contributed by atoms with Gasteiger partial charge in [-0.3, -0.25) is 9.48 Å². The van der Waals surface area contributed by atoms with Crippen LogP contribution in [0.25, 0.3) is 6.08 Å². The van der Waals surface area contributed by atoms with Crippen LogP contribution in [0.1, 0.15) is 27.3 Å². The maximum Gasteiger partial charge on any atom is 0.185 e. The van der Waals surface area contributed by atoms with Gasteiger partial charge >= 0.3 is 0 Å². The fourth-order valence-electron chi connectivity index (χ4n) is 1.64. The number of hydrogen-bond donors (Lipinski definition) is 0. The Balaban J connectivity index is 2.14. The molecule has 92 valence electrons. The van der Waals surface area contributed by atoms with E-state index in [0.29, 0.717) is 5.56 Å². The highest BCUT2D eigenvalue weighted by molar-refractivity contribution is 6.06. The van der Waals surface area contributed by atoms with E-state index in [4.69, 9.17) is 0 Å². The highest BCUT2D eigenvalue weighted by Crippen LogP contribution is 2.07. The first-order valence-corrected chi connectivity index (χ1v) is 5.86. The van der Waals surface area contributed by atoms with Crippen LogP contribution in [-0.4, -0.2) is 15.6 Å². The van der Waals surface area contributed by atoms with E-state index in [2.05, 4.69) is 5.10 Å². The topological polar surface area (TPSA) is 34.9 Å². The summed E-state index contributed by atoms with van der Waals surface area (Å²) in [7, 11) is 1.88. The van der Waals surface area contributed by atoms with Gasteiger partial charge in [0.15, 0.2) is 5.78 Å². The van der Waals surface area contributed by atoms with Crippen molar-refractivity contribution in [2.45, 2.75) is 13.8 Å². The number of aromatic nitrogens is 2. The number of ketones is 1. The van der Waals surface area contributed by atoms with Crippen molar-refractivity contribution < 1.29 is 4.79 Å². The number of allylic oxidation sites excluding steroid dienone is 1. The molecule has 1 heterocycles. The summed E-state index contributed by atoms with van der Waals surface area (Å²) in [5, 5.41) is 4.27. The van der Waals surface area contributed by atoms with Crippen LogP contribution in [0.5, 0.6) is 0 Å². The van der Waals surface area contributed by atoms with Crippen molar-refractivity contribution in [3.63, 3.8) is 0 Å². The summed E-state index contributed by atoms with van der Waals surface area (Å²) in [4.78, 5) is 11.9. The summed E-state index contributed by atoms with van der Waals surface area (Å²) in [6, 6.07) is 9.49. The maximum atomic E-state index is 11.9. The minimum atomic E-state index is -0.00157. The van der Waals surface area contributed by atoms with E-state index >= 15 is 0 Å². The van der Waals surface area contributed by atoms with Gasteiger partial charge in [0, 0.05) is 18.3 Å². The standard InChI is InChI=1S/C15H16N2O/c1-11-4-6-13(7-5-11)15(18)9-8-14-10-12(2)17(3)16-14/h4-10H,1-3H3/b9-8+. The molecule has 2 rings (SSSR count). The molecular formula is C15H16N2O. The zero-order valence-corrected chi connectivity index (χ0v) is 10.8. The van der Waals surface area contributed by atoms with E-state index in [1.807, 2.05) is 51.2 Å². The van der Waals surface area contributed by atoms with Crippen molar-refractivity contribution in [2.75, 3.05) is 0 Å². The fourth-order valence-corrected chi connectivity index (χ4v) is 1.64. The highest BCUT2D eigenvalue weighted by atomic mass is 16.1. The monoisotopic (exact) mass is 240 g/mol. The second-order valence-corrected chi connectivity index (χ2v) is 4.40.